The van der Waals surface area contributed by atoms with E-state index in [2.05, 4.69) is 5.32 Å². The highest BCUT2D eigenvalue weighted by molar-refractivity contribution is 5.85. The molecule has 1 aromatic carbocycles. The van der Waals surface area contributed by atoms with Gasteiger partial charge in [0.15, 0.2) is 5.60 Å². The van der Waals surface area contributed by atoms with Crippen molar-refractivity contribution in [2.24, 2.45) is 0 Å². The molecule has 128 valence electrons. The fourth-order valence-electron chi connectivity index (χ4n) is 2.98. The van der Waals surface area contributed by atoms with Gasteiger partial charge in [-0.05, 0) is 57.7 Å². The largest absolute Gasteiger partial charge is 0.507 e. The van der Waals surface area contributed by atoms with E-state index >= 15 is 0 Å². The predicted octanol–water partition coefficient (Wildman–Crippen LogP) is 2.55. The van der Waals surface area contributed by atoms with E-state index in [1.807, 2.05) is 34.6 Å². The van der Waals surface area contributed by atoms with Gasteiger partial charge >= 0.3 is 0 Å². The Hall–Kier alpha value is -1.75. The standard InChI is InChI=1S/C18H27NO4/c1-6-22-10-9-19-17(21)18(5)8-7-14-13(4)15(20)11(2)12(3)16(14)23-18/h20H,6-10H2,1-5H3,(H,19,21). The molecule has 0 aromatic heterocycles. The van der Waals surface area contributed by atoms with Crippen LogP contribution in [-0.4, -0.2) is 36.4 Å². The number of phenolic OH excluding ortho intramolecular Hbond substituents is 1. The van der Waals surface area contributed by atoms with Gasteiger partial charge in [-0.15, -0.1) is 0 Å². The van der Waals surface area contributed by atoms with Gasteiger partial charge in [0.25, 0.3) is 5.91 Å². The zero-order chi connectivity index (χ0) is 17.2. The molecule has 0 fully saturated rings. The average molecular weight is 321 g/mol. The molecule has 5 nitrogen and oxygen atoms in total. The quantitative estimate of drug-likeness (QED) is 0.818. The fraction of sp³-hybridized carbons (Fsp3) is 0.611. The Balaban J connectivity index is 2.20. The third kappa shape index (κ3) is 3.29. The van der Waals surface area contributed by atoms with E-state index in [9.17, 15) is 9.90 Å². The van der Waals surface area contributed by atoms with E-state index in [-0.39, 0.29) is 5.91 Å². The molecule has 0 radical (unpaired) electrons. The summed E-state index contributed by atoms with van der Waals surface area (Å²) in [6, 6.07) is 0. The highest BCUT2D eigenvalue weighted by Crippen LogP contribution is 2.43. The minimum absolute atomic E-state index is 0.120. The maximum atomic E-state index is 12.5. The van der Waals surface area contributed by atoms with Gasteiger partial charge in [0.05, 0.1) is 6.61 Å². The molecule has 1 heterocycles. The summed E-state index contributed by atoms with van der Waals surface area (Å²) >= 11 is 0. The van der Waals surface area contributed by atoms with E-state index in [0.717, 1.165) is 28.0 Å². The second-order valence-electron chi connectivity index (χ2n) is 6.32. The number of hydrogen-bond acceptors (Lipinski definition) is 4. The van der Waals surface area contributed by atoms with Gasteiger partial charge in [-0.3, -0.25) is 4.79 Å². The van der Waals surface area contributed by atoms with Crippen LogP contribution in [0, 0.1) is 20.8 Å². The molecule has 2 rings (SSSR count). The molecule has 1 aromatic rings. The van der Waals surface area contributed by atoms with Crippen molar-refractivity contribution < 1.29 is 19.4 Å². The molecule has 5 heteroatoms. The van der Waals surface area contributed by atoms with Crippen molar-refractivity contribution in [3.8, 4) is 11.5 Å². The molecule has 0 bridgehead atoms. The number of carbonyl (C=O) groups excluding carboxylic acids is 1. The number of carbonyl (C=O) groups is 1. The summed E-state index contributed by atoms with van der Waals surface area (Å²) in [7, 11) is 0. The summed E-state index contributed by atoms with van der Waals surface area (Å²) in [5.74, 6) is 0.951. The molecule has 0 saturated heterocycles. The number of hydrogen-bond donors (Lipinski definition) is 2. The zero-order valence-corrected chi connectivity index (χ0v) is 14.7. The van der Waals surface area contributed by atoms with E-state index in [0.29, 0.717) is 38.3 Å². The van der Waals surface area contributed by atoms with Crippen LogP contribution in [0.2, 0.25) is 0 Å². The fourth-order valence-corrected chi connectivity index (χ4v) is 2.98. The topological polar surface area (TPSA) is 67.8 Å². The number of nitrogens with one attached hydrogen (secondary N) is 1. The summed E-state index contributed by atoms with van der Waals surface area (Å²) in [4.78, 5) is 12.5. The van der Waals surface area contributed by atoms with Crippen LogP contribution in [0.5, 0.6) is 11.5 Å². The second-order valence-corrected chi connectivity index (χ2v) is 6.32. The van der Waals surface area contributed by atoms with Crippen molar-refractivity contribution in [2.45, 2.75) is 53.1 Å². The normalized spacial score (nSPS) is 19.9. The smallest absolute Gasteiger partial charge is 0.263 e. The molecule has 1 aliphatic rings. The number of rotatable bonds is 5. The van der Waals surface area contributed by atoms with Gasteiger partial charge in [-0.1, -0.05) is 0 Å². The summed E-state index contributed by atoms with van der Waals surface area (Å²) < 4.78 is 11.4. The Morgan fingerprint density at radius 2 is 2.00 bits per heavy atom. The van der Waals surface area contributed by atoms with Crippen LogP contribution in [0.1, 0.15) is 42.5 Å². The first-order valence-electron chi connectivity index (χ1n) is 8.18. The Labute approximate surface area is 138 Å². The van der Waals surface area contributed by atoms with Crippen molar-refractivity contribution in [2.75, 3.05) is 19.8 Å². The van der Waals surface area contributed by atoms with Crippen LogP contribution in [0.4, 0.5) is 0 Å². The minimum atomic E-state index is -0.889. The lowest BCUT2D eigenvalue weighted by atomic mass is 9.86. The van der Waals surface area contributed by atoms with Gasteiger partial charge in [0.2, 0.25) is 0 Å². The number of fused-ring (bicyclic) bond motifs is 1. The first-order chi connectivity index (χ1) is 10.8. The summed E-state index contributed by atoms with van der Waals surface area (Å²) in [5, 5.41) is 13.1. The second kappa shape index (κ2) is 6.79. The van der Waals surface area contributed by atoms with Gasteiger partial charge in [-0.2, -0.15) is 0 Å². The lowest BCUT2D eigenvalue weighted by Crippen LogP contribution is -2.51. The van der Waals surface area contributed by atoms with E-state index in [1.165, 1.54) is 0 Å². The number of aromatic hydroxyl groups is 1. The molecule has 23 heavy (non-hydrogen) atoms. The number of phenols is 1. The molecule has 1 atom stereocenters. The first-order valence-corrected chi connectivity index (χ1v) is 8.18. The van der Waals surface area contributed by atoms with Crippen LogP contribution in [0.3, 0.4) is 0 Å². The molecule has 1 unspecified atom stereocenters. The molecule has 0 saturated carbocycles. The van der Waals surface area contributed by atoms with Crippen LogP contribution >= 0.6 is 0 Å². The Bertz CT molecular complexity index is 612. The molecule has 1 amide bonds. The first kappa shape index (κ1) is 17.6. The predicted molar refractivity (Wildman–Crippen MR) is 89.2 cm³/mol. The number of benzene rings is 1. The number of ether oxygens (including phenoxy) is 2. The number of amides is 1. The monoisotopic (exact) mass is 321 g/mol. The minimum Gasteiger partial charge on any atom is -0.507 e. The maximum Gasteiger partial charge on any atom is 0.263 e. The third-order valence-corrected chi connectivity index (χ3v) is 4.74. The van der Waals surface area contributed by atoms with Gasteiger partial charge < -0.3 is 19.9 Å². The Kier molecular flexibility index (Phi) is 5.19. The Morgan fingerprint density at radius 3 is 2.65 bits per heavy atom. The highest BCUT2D eigenvalue weighted by Gasteiger charge is 2.40. The van der Waals surface area contributed by atoms with Gasteiger partial charge in [-0.25, -0.2) is 0 Å². The van der Waals surface area contributed by atoms with Crippen LogP contribution in [-0.2, 0) is 16.0 Å². The lowest BCUT2D eigenvalue weighted by Gasteiger charge is -2.36. The molecular weight excluding hydrogens is 294 g/mol. The maximum absolute atomic E-state index is 12.5. The van der Waals surface area contributed by atoms with Gasteiger partial charge in [0, 0.05) is 25.1 Å². The average Bonchev–Trinajstić information content (AvgIpc) is 2.54. The van der Waals surface area contributed by atoms with Crippen molar-refractivity contribution in [1.82, 2.24) is 5.32 Å². The van der Waals surface area contributed by atoms with Crippen LogP contribution in [0.15, 0.2) is 0 Å². The third-order valence-electron chi connectivity index (χ3n) is 4.74. The summed E-state index contributed by atoms with van der Waals surface area (Å²) in [6.45, 7) is 11.1. The lowest BCUT2D eigenvalue weighted by molar-refractivity contribution is -0.137. The van der Waals surface area contributed by atoms with Crippen molar-refractivity contribution in [1.29, 1.82) is 0 Å². The summed E-state index contributed by atoms with van der Waals surface area (Å²) in [5.41, 5.74) is 2.67. The van der Waals surface area contributed by atoms with E-state index < -0.39 is 5.60 Å². The van der Waals surface area contributed by atoms with Crippen LogP contribution < -0.4 is 10.1 Å². The zero-order valence-electron chi connectivity index (χ0n) is 14.7. The van der Waals surface area contributed by atoms with E-state index in [1.54, 1.807) is 0 Å². The SMILES string of the molecule is CCOCCNC(=O)C1(C)CCc2c(C)c(O)c(C)c(C)c2O1. The molecular formula is C18H27NO4. The van der Waals surface area contributed by atoms with Crippen molar-refractivity contribution >= 4 is 5.91 Å². The van der Waals surface area contributed by atoms with Gasteiger partial charge in [0.1, 0.15) is 11.5 Å². The highest BCUT2D eigenvalue weighted by atomic mass is 16.5. The molecule has 2 N–H and O–H groups in total. The molecule has 1 aliphatic heterocycles. The van der Waals surface area contributed by atoms with E-state index in [4.69, 9.17) is 9.47 Å². The van der Waals surface area contributed by atoms with Crippen molar-refractivity contribution in [3.63, 3.8) is 0 Å². The molecule has 0 aliphatic carbocycles. The molecule has 0 spiro atoms. The Morgan fingerprint density at radius 1 is 1.30 bits per heavy atom. The summed E-state index contributed by atoms with van der Waals surface area (Å²) in [6.07, 6.45) is 1.30. The van der Waals surface area contributed by atoms with Crippen LogP contribution in [0.25, 0.3) is 0 Å². The van der Waals surface area contributed by atoms with Crippen molar-refractivity contribution in [3.05, 3.63) is 22.3 Å².